The fourth-order valence-electron chi connectivity index (χ4n) is 3.28. The first-order valence-electron chi connectivity index (χ1n) is 7.25. The van der Waals surface area contributed by atoms with Crippen molar-refractivity contribution in [2.75, 3.05) is 19.6 Å². The van der Waals surface area contributed by atoms with E-state index in [9.17, 15) is 4.79 Å². The van der Waals surface area contributed by atoms with Crippen LogP contribution in [0, 0.1) is 11.8 Å². The first-order chi connectivity index (χ1) is 8.24. The van der Waals surface area contributed by atoms with Gasteiger partial charge in [-0.15, -0.1) is 0 Å². The molecule has 2 saturated heterocycles. The number of likely N-dealkylation sites (tertiary alicyclic amines) is 1. The number of hydrogen-bond acceptors (Lipinski definition) is 2. The van der Waals surface area contributed by atoms with Gasteiger partial charge in [-0.05, 0) is 38.1 Å². The molecule has 3 atom stereocenters. The second-order valence-electron chi connectivity index (χ2n) is 5.71. The first kappa shape index (κ1) is 12.9. The minimum absolute atomic E-state index is 0.229. The molecule has 0 aliphatic carbocycles. The standard InChI is InChI=1S/C14H26N2O/c1-3-6-12-7-4-5-8-16(12)14(17)13-10-15-9-11(13)2/h11-13,15H,3-10H2,1-2H3. The number of amides is 1. The predicted octanol–water partition coefficient (Wildman–Crippen LogP) is 2.02. The number of rotatable bonds is 3. The third kappa shape index (κ3) is 2.82. The number of nitrogens with one attached hydrogen (secondary N) is 1. The van der Waals surface area contributed by atoms with Gasteiger partial charge in [0.2, 0.25) is 5.91 Å². The monoisotopic (exact) mass is 238 g/mol. The SMILES string of the molecule is CCCC1CCCCN1C(=O)C1CNCC1C. The van der Waals surface area contributed by atoms with Crippen LogP contribution in [0.1, 0.15) is 46.0 Å². The van der Waals surface area contributed by atoms with Gasteiger partial charge in [0.25, 0.3) is 0 Å². The van der Waals surface area contributed by atoms with Crippen molar-refractivity contribution in [1.29, 1.82) is 0 Å². The van der Waals surface area contributed by atoms with Gasteiger partial charge in [0, 0.05) is 19.1 Å². The zero-order valence-corrected chi connectivity index (χ0v) is 11.2. The van der Waals surface area contributed by atoms with Gasteiger partial charge in [-0.25, -0.2) is 0 Å². The van der Waals surface area contributed by atoms with E-state index in [1.807, 2.05) is 0 Å². The van der Waals surface area contributed by atoms with Crippen LogP contribution in [0.2, 0.25) is 0 Å². The Balaban J connectivity index is 2.00. The number of nitrogens with zero attached hydrogens (tertiary/aromatic N) is 1. The van der Waals surface area contributed by atoms with Crippen LogP contribution in [0.4, 0.5) is 0 Å². The molecule has 17 heavy (non-hydrogen) atoms. The average molecular weight is 238 g/mol. The summed E-state index contributed by atoms with van der Waals surface area (Å²) in [6.07, 6.45) is 6.08. The second-order valence-corrected chi connectivity index (χ2v) is 5.71. The van der Waals surface area contributed by atoms with E-state index in [0.29, 0.717) is 17.9 Å². The average Bonchev–Trinajstić information content (AvgIpc) is 2.76. The number of hydrogen-bond donors (Lipinski definition) is 1. The molecular weight excluding hydrogens is 212 g/mol. The zero-order chi connectivity index (χ0) is 12.3. The third-order valence-electron chi connectivity index (χ3n) is 4.37. The number of carbonyl (C=O) groups is 1. The molecule has 0 aromatic carbocycles. The predicted molar refractivity (Wildman–Crippen MR) is 69.8 cm³/mol. The highest BCUT2D eigenvalue weighted by molar-refractivity contribution is 5.80. The summed E-state index contributed by atoms with van der Waals surface area (Å²) in [5.41, 5.74) is 0. The Hall–Kier alpha value is -0.570. The molecule has 3 heteroatoms. The van der Waals surface area contributed by atoms with Gasteiger partial charge in [-0.2, -0.15) is 0 Å². The lowest BCUT2D eigenvalue weighted by molar-refractivity contribution is -0.139. The molecule has 1 amide bonds. The molecule has 2 fully saturated rings. The normalized spacial score (nSPS) is 34.0. The number of carbonyl (C=O) groups excluding carboxylic acids is 1. The second kappa shape index (κ2) is 5.85. The van der Waals surface area contributed by atoms with Gasteiger partial charge in [-0.3, -0.25) is 4.79 Å². The maximum absolute atomic E-state index is 12.6. The maximum atomic E-state index is 12.6. The van der Waals surface area contributed by atoms with Crippen molar-refractivity contribution in [2.45, 2.75) is 52.0 Å². The van der Waals surface area contributed by atoms with E-state index in [4.69, 9.17) is 0 Å². The molecule has 0 aromatic heterocycles. The largest absolute Gasteiger partial charge is 0.339 e. The Morgan fingerprint density at radius 3 is 2.82 bits per heavy atom. The summed E-state index contributed by atoms with van der Waals surface area (Å²) >= 11 is 0. The third-order valence-corrected chi connectivity index (χ3v) is 4.37. The summed E-state index contributed by atoms with van der Waals surface area (Å²) in [5, 5.41) is 3.34. The van der Waals surface area contributed by atoms with E-state index in [1.165, 1.54) is 32.1 Å². The van der Waals surface area contributed by atoms with E-state index in [2.05, 4.69) is 24.1 Å². The Bertz CT molecular complexity index is 265. The van der Waals surface area contributed by atoms with Crippen LogP contribution in [-0.4, -0.2) is 36.5 Å². The molecule has 0 aromatic rings. The van der Waals surface area contributed by atoms with Crippen LogP contribution in [0.15, 0.2) is 0 Å². The summed E-state index contributed by atoms with van der Waals surface area (Å²) in [7, 11) is 0. The van der Waals surface area contributed by atoms with Crippen LogP contribution >= 0.6 is 0 Å². The summed E-state index contributed by atoms with van der Waals surface area (Å²) in [6, 6.07) is 0.522. The molecule has 0 spiro atoms. The molecule has 2 aliphatic heterocycles. The number of piperidine rings is 1. The molecule has 0 saturated carbocycles. The van der Waals surface area contributed by atoms with E-state index in [0.717, 1.165) is 19.6 Å². The van der Waals surface area contributed by atoms with Crippen molar-refractivity contribution in [3.05, 3.63) is 0 Å². The molecule has 1 N–H and O–H groups in total. The van der Waals surface area contributed by atoms with Gasteiger partial charge in [-0.1, -0.05) is 20.3 Å². The highest BCUT2D eigenvalue weighted by Crippen LogP contribution is 2.26. The van der Waals surface area contributed by atoms with Crippen LogP contribution in [0.3, 0.4) is 0 Å². The molecule has 0 radical (unpaired) electrons. The van der Waals surface area contributed by atoms with Crippen molar-refractivity contribution in [1.82, 2.24) is 10.2 Å². The molecule has 2 rings (SSSR count). The fraction of sp³-hybridized carbons (Fsp3) is 0.929. The summed E-state index contributed by atoms with van der Waals surface area (Å²) < 4.78 is 0. The van der Waals surface area contributed by atoms with Crippen molar-refractivity contribution < 1.29 is 4.79 Å². The molecular formula is C14H26N2O. The van der Waals surface area contributed by atoms with Gasteiger partial charge in [0.15, 0.2) is 0 Å². The van der Waals surface area contributed by atoms with Crippen LogP contribution in [0.25, 0.3) is 0 Å². The Labute approximate surface area is 105 Å². The lowest BCUT2D eigenvalue weighted by atomic mass is 9.92. The summed E-state index contributed by atoms with van der Waals surface area (Å²) in [4.78, 5) is 14.8. The Morgan fingerprint density at radius 2 is 2.18 bits per heavy atom. The quantitative estimate of drug-likeness (QED) is 0.816. The highest BCUT2D eigenvalue weighted by atomic mass is 16.2. The van der Waals surface area contributed by atoms with Gasteiger partial charge < -0.3 is 10.2 Å². The van der Waals surface area contributed by atoms with E-state index in [-0.39, 0.29) is 5.92 Å². The topological polar surface area (TPSA) is 32.3 Å². The highest BCUT2D eigenvalue weighted by Gasteiger charge is 2.35. The molecule has 0 bridgehead atoms. The zero-order valence-electron chi connectivity index (χ0n) is 11.2. The minimum Gasteiger partial charge on any atom is -0.339 e. The molecule has 3 nitrogen and oxygen atoms in total. The van der Waals surface area contributed by atoms with Gasteiger partial charge in [0.05, 0.1) is 5.92 Å². The van der Waals surface area contributed by atoms with Crippen molar-refractivity contribution in [3.63, 3.8) is 0 Å². The fourth-order valence-corrected chi connectivity index (χ4v) is 3.28. The molecule has 2 aliphatic rings. The van der Waals surface area contributed by atoms with Gasteiger partial charge in [0.1, 0.15) is 0 Å². The van der Waals surface area contributed by atoms with Gasteiger partial charge >= 0.3 is 0 Å². The summed E-state index contributed by atoms with van der Waals surface area (Å²) in [6.45, 7) is 7.29. The Morgan fingerprint density at radius 1 is 1.35 bits per heavy atom. The molecule has 98 valence electrons. The minimum atomic E-state index is 0.229. The van der Waals surface area contributed by atoms with Crippen LogP contribution in [0.5, 0.6) is 0 Å². The lowest BCUT2D eigenvalue weighted by Crippen LogP contribution is -2.47. The maximum Gasteiger partial charge on any atom is 0.227 e. The lowest BCUT2D eigenvalue weighted by Gasteiger charge is -2.38. The van der Waals surface area contributed by atoms with E-state index < -0.39 is 0 Å². The Kier molecular flexibility index (Phi) is 4.43. The van der Waals surface area contributed by atoms with Crippen LogP contribution < -0.4 is 5.32 Å². The molecule has 3 unspecified atom stereocenters. The summed E-state index contributed by atoms with van der Waals surface area (Å²) in [5.74, 6) is 1.15. The van der Waals surface area contributed by atoms with E-state index in [1.54, 1.807) is 0 Å². The van der Waals surface area contributed by atoms with Crippen molar-refractivity contribution in [2.24, 2.45) is 11.8 Å². The van der Waals surface area contributed by atoms with E-state index >= 15 is 0 Å². The molecule has 2 heterocycles. The van der Waals surface area contributed by atoms with Crippen LogP contribution in [-0.2, 0) is 4.79 Å². The van der Waals surface area contributed by atoms with Crippen molar-refractivity contribution >= 4 is 5.91 Å². The first-order valence-corrected chi connectivity index (χ1v) is 7.25. The van der Waals surface area contributed by atoms with Crippen molar-refractivity contribution in [3.8, 4) is 0 Å². The smallest absolute Gasteiger partial charge is 0.227 e.